The number of carboxylic acid groups (broad SMARTS) is 1. The summed E-state index contributed by atoms with van der Waals surface area (Å²) >= 11 is 0. The fourth-order valence-electron chi connectivity index (χ4n) is 3.89. The van der Waals surface area contributed by atoms with Crippen LogP contribution in [0.3, 0.4) is 0 Å². The van der Waals surface area contributed by atoms with Crippen LogP contribution in [0.5, 0.6) is 5.75 Å². The highest BCUT2D eigenvalue weighted by Gasteiger charge is 2.34. The molecule has 0 unspecified atom stereocenters. The van der Waals surface area contributed by atoms with Crippen LogP contribution in [-0.4, -0.2) is 33.0 Å². The summed E-state index contributed by atoms with van der Waals surface area (Å²) in [5, 5.41) is 13.7. The third kappa shape index (κ3) is 4.58. The number of ether oxygens (including phenoxy) is 1. The second kappa shape index (κ2) is 8.77. The lowest BCUT2D eigenvalue weighted by Gasteiger charge is -2.32. The largest absolute Gasteiger partial charge is 0.511 e. The zero-order valence-corrected chi connectivity index (χ0v) is 18.0. The second-order valence-electron chi connectivity index (χ2n) is 8.43. The first-order chi connectivity index (χ1) is 14.2. The average Bonchev–Trinajstić information content (AvgIpc) is 3.07. The minimum Gasteiger partial charge on any atom is -0.449 e. The summed E-state index contributed by atoms with van der Waals surface area (Å²) in [6.45, 7) is 7.87. The highest BCUT2D eigenvalue weighted by atomic mass is 16.7. The van der Waals surface area contributed by atoms with Crippen LogP contribution in [0.15, 0.2) is 24.4 Å². The molecule has 1 aromatic carbocycles. The number of rotatable bonds is 5. The maximum atomic E-state index is 13.4. The molecule has 0 spiro atoms. The second-order valence-corrected chi connectivity index (χ2v) is 8.43. The van der Waals surface area contributed by atoms with Crippen LogP contribution < -0.4 is 15.4 Å². The molecule has 30 heavy (non-hydrogen) atoms. The zero-order valence-electron chi connectivity index (χ0n) is 18.0. The van der Waals surface area contributed by atoms with Crippen molar-refractivity contribution in [1.29, 1.82) is 0 Å². The Kier molecular flexibility index (Phi) is 6.34. The number of hydrogen-bond acceptors (Lipinski definition) is 5. The van der Waals surface area contributed by atoms with Crippen LogP contribution in [0.2, 0.25) is 0 Å². The van der Waals surface area contributed by atoms with E-state index in [0.29, 0.717) is 17.3 Å². The SMILES string of the molecule is Cc1ccc(-n2cc(OC(=O)O)c(N(C(=O)[C@H]3CC[C@H](C)CC3)C(C)C)n2)cc1N. The van der Waals surface area contributed by atoms with Crippen LogP contribution in [0.25, 0.3) is 5.69 Å². The van der Waals surface area contributed by atoms with E-state index in [1.54, 1.807) is 11.0 Å². The van der Waals surface area contributed by atoms with E-state index in [9.17, 15) is 14.7 Å². The summed E-state index contributed by atoms with van der Waals surface area (Å²) in [7, 11) is 0. The molecular formula is C22H30N4O4. The predicted octanol–water partition coefficient (Wildman–Crippen LogP) is 4.39. The summed E-state index contributed by atoms with van der Waals surface area (Å²) in [6.07, 6.45) is 3.69. The predicted molar refractivity (Wildman–Crippen MR) is 115 cm³/mol. The maximum Gasteiger partial charge on any atom is 0.511 e. The molecule has 0 aliphatic heterocycles. The standard InChI is InChI=1S/C22H30N4O4/c1-13(2)26(21(27)16-8-5-14(3)6-9-16)20-19(30-22(28)29)12-25(24-20)17-10-7-15(4)18(23)11-17/h7,10-14,16H,5-6,8-9,23H2,1-4H3,(H,28,29)/t14-,16-. The minimum atomic E-state index is -1.46. The van der Waals surface area contributed by atoms with Crippen LogP contribution in [0.4, 0.5) is 16.3 Å². The van der Waals surface area contributed by atoms with E-state index in [4.69, 9.17) is 10.5 Å². The summed E-state index contributed by atoms with van der Waals surface area (Å²) in [6, 6.07) is 5.23. The van der Waals surface area contributed by atoms with Gasteiger partial charge in [-0.1, -0.05) is 13.0 Å². The number of nitrogens with two attached hydrogens (primary N) is 1. The number of carbonyl (C=O) groups is 2. The number of nitrogens with zero attached hydrogens (tertiary/aromatic N) is 3. The summed E-state index contributed by atoms with van der Waals surface area (Å²) < 4.78 is 6.49. The monoisotopic (exact) mass is 414 g/mol. The quantitative estimate of drug-likeness (QED) is 0.555. The molecule has 162 valence electrons. The molecule has 0 radical (unpaired) electrons. The van der Waals surface area contributed by atoms with Crippen molar-refractivity contribution in [3.8, 4) is 11.4 Å². The van der Waals surface area contributed by atoms with Crippen LogP contribution in [0.1, 0.15) is 52.0 Å². The first kappa shape index (κ1) is 21.7. The van der Waals surface area contributed by atoms with E-state index in [1.807, 2.05) is 32.9 Å². The van der Waals surface area contributed by atoms with Gasteiger partial charge in [0, 0.05) is 17.6 Å². The van der Waals surface area contributed by atoms with Crippen molar-refractivity contribution in [1.82, 2.24) is 9.78 Å². The molecule has 0 bridgehead atoms. The lowest BCUT2D eigenvalue weighted by atomic mass is 9.82. The van der Waals surface area contributed by atoms with Crippen molar-refractivity contribution in [2.24, 2.45) is 11.8 Å². The number of anilines is 2. The van der Waals surface area contributed by atoms with E-state index in [2.05, 4.69) is 12.0 Å². The van der Waals surface area contributed by atoms with Gasteiger partial charge in [-0.3, -0.25) is 9.69 Å². The van der Waals surface area contributed by atoms with Gasteiger partial charge < -0.3 is 15.6 Å². The van der Waals surface area contributed by atoms with Crippen molar-refractivity contribution in [3.05, 3.63) is 30.0 Å². The van der Waals surface area contributed by atoms with Crippen LogP contribution in [0, 0.1) is 18.8 Å². The number of hydrogen-bond donors (Lipinski definition) is 2. The number of benzene rings is 1. The molecule has 1 amide bonds. The Hall–Kier alpha value is -3.03. The average molecular weight is 415 g/mol. The Bertz CT molecular complexity index is 929. The topological polar surface area (TPSA) is 111 Å². The molecular weight excluding hydrogens is 384 g/mol. The Morgan fingerprint density at radius 3 is 2.50 bits per heavy atom. The van der Waals surface area contributed by atoms with Crippen molar-refractivity contribution in [3.63, 3.8) is 0 Å². The molecule has 2 aromatic rings. The Labute approximate surface area is 176 Å². The van der Waals surface area contributed by atoms with Gasteiger partial charge in [0.1, 0.15) is 0 Å². The van der Waals surface area contributed by atoms with E-state index in [-0.39, 0.29) is 29.4 Å². The van der Waals surface area contributed by atoms with Crippen molar-refractivity contribution >= 4 is 23.6 Å². The molecule has 3 N–H and O–H groups in total. The van der Waals surface area contributed by atoms with Gasteiger partial charge in [-0.25, -0.2) is 9.48 Å². The number of aromatic nitrogens is 2. The van der Waals surface area contributed by atoms with Gasteiger partial charge in [0.05, 0.1) is 11.9 Å². The fourth-order valence-corrected chi connectivity index (χ4v) is 3.89. The Morgan fingerprint density at radius 1 is 1.27 bits per heavy atom. The third-order valence-electron chi connectivity index (χ3n) is 5.73. The van der Waals surface area contributed by atoms with Crippen LogP contribution >= 0.6 is 0 Å². The van der Waals surface area contributed by atoms with Gasteiger partial charge in [0.15, 0.2) is 5.75 Å². The molecule has 1 heterocycles. The number of aryl methyl sites for hydroxylation is 1. The molecule has 8 heteroatoms. The Balaban J connectivity index is 2.01. The van der Waals surface area contributed by atoms with Gasteiger partial charge in [0.25, 0.3) is 0 Å². The fraction of sp³-hybridized carbons (Fsp3) is 0.500. The van der Waals surface area contributed by atoms with Crippen LogP contribution in [-0.2, 0) is 4.79 Å². The minimum absolute atomic E-state index is 0.0212. The van der Waals surface area contributed by atoms with Crippen molar-refractivity contribution in [2.75, 3.05) is 10.6 Å². The number of carbonyl (C=O) groups excluding carboxylic acids is 1. The molecule has 0 saturated heterocycles. The molecule has 1 aromatic heterocycles. The van der Waals surface area contributed by atoms with E-state index in [1.165, 1.54) is 10.9 Å². The molecule has 1 fully saturated rings. The van der Waals surface area contributed by atoms with Crippen molar-refractivity contribution in [2.45, 2.75) is 59.4 Å². The Morgan fingerprint density at radius 2 is 1.93 bits per heavy atom. The normalized spacial score (nSPS) is 19.0. The van der Waals surface area contributed by atoms with Crippen molar-refractivity contribution < 1.29 is 19.4 Å². The summed E-state index contributed by atoms with van der Waals surface area (Å²) in [4.78, 5) is 26.2. The molecule has 0 atom stereocenters. The third-order valence-corrected chi connectivity index (χ3v) is 5.73. The van der Waals surface area contributed by atoms with E-state index < -0.39 is 6.16 Å². The van der Waals surface area contributed by atoms with Gasteiger partial charge in [-0.05, 0) is 70.1 Å². The summed E-state index contributed by atoms with van der Waals surface area (Å²) in [5.74, 6) is 0.712. The van der Waals surface area contributed by atoms with Gasteiger partial charge >= 0.3 is 6.16 Å². The van der Waals surface area contributed by atoms with Gasteiger partial charge in [-0.15, -0.1) is 5.10 Å². The van der Waals surface area contributed by atoms with E-state index >= 15 is 0 Å². The summed E-state index contributed by atoms with van der Waals surface area (Å²) in [5.41, 5.74) is 8.20. The highest BCUT2D eigenvalue weighted by molar-refractivity contribution is 5.96. The molecule has 3 rings (SSSR count). The van der Waals surface area contributed by atoms with E-state index in [0.717, 1.165) is 31.2 Å². The number of nitrogen functional groups attached to an aromatic ring is 1. The molecule has 8 nitrogen and oxygen atoms in total. The zero-order chi connectivity index (χ0) is 22.0. The smallest absolute Gasteiger partial charge is 0.449 e. The molecule has 1 aliphatic carbocycles. The molecule has 1 saturated carbocycles. The highest BCUT2D eigenvalue weighted by Crippen LogP contribution is 2.35. The van der Waals surface area contributed by atoms with Gasteiger partial charge in [-0.2, -0.15) is 0 Å². The molecule has 1 aliphatic rings. The first-order valence-electron chi connectivity index (χ1n) is 10.4. The lowest BCUT2D eigenvalue weighted by Crippen LogP contribution is -2.42. The number of amides is 1. The lowest BCUT2D eigenvalue weighted by molar-refractivity contribution is -0.124. The van der Waals surface area contributed by atoms with Gasteiger partial charge in [0.2, 0.25) is 11.7 Å². The first-order valence-corrected chi connectivity index (χ1v) is 10.4. The maximum absolute atomic E-state index is 13.4.